The number of halogens is 1. The summed E-state index contributed by atoms with van der Waals surface area (Å²) in [7, 11) is 0. The van der Waals surface area contributed by atoms with Crippen molar-refractivity contribution in [2.24, 2.45) is 0 Å². The molecule has 0 N–H and O–H groups in total. The molecular formula is C6H7ClO. The molecule has 1 nitrogen and oxygen atoms in total. The van der Waals surface area contributed by atoms with Crippen LogP contribution in [0, 0.1) is 0 Å². The molecule has 2 heteroatoms. The molecule has 0 spiro atoms. The first-order valence-corrected chi connectivity index (χ1v) is 3.28. The third-order valence-electron chi connectivity index (χ3n) is 1.66. The summed E-state index contributed by atoms with van der Waals surface area (Å²) in [5.74, 6) is 0. The molecule has 2 bridgehead atoms. The Labute approximate surface area is 53.3 Å². The lowest BCUT2D eigenvalue weighted by molar-refractivity contribution is 0.121. The summed E-state index contributed by atoms with van der Waals surface area (Å²) >= 11 is 5.83. The van der Waals surface area contributed by atoms with Gasteiger partial charge < -0.3 is 4.74 Å². The quantitative estimate of drug-likeness (QED) is 0.355. The summed E-state index contributed by atoms with van der Waals surface area (Å²) in [4.78, 5) is 0. The topological polar surface area (TPSA) is 9.23 Å². The molecule has 0 aromatic heterocycles. The van der Waals surface area contributed by atoms with Crippen LogP contribution in [-0.2, 0) is 4.74 Å². The Morgan fingerprint density at radius 1 is 1.50 bits per heavy atom. The number of rotatable bonds is 0. The van der Waals surface area contributed by atoms with Crippen LogP contribution in [0.3, 0.4) is 0 Å². The van der Waals surface area contributed by atoms with Crippen LogP contribution < -0.4 is 0 Å². The third kappa shape index (κ3) is 0.517. The van der Waals surface area contributed by atoms with Crippen molar-refractivity contribution >= 4 is 11.6 Å². The van der Waals surface area contributed by atoms with Crippen molar-refractivity contribution in [3.05, 3.63) is 12.2 Å². The standard InChI is InChI=1S/C6H7ClO/c7-5-3-4-1-2-6(5)8-4/h1-2,4-6H,3H2. The second-order valence-corrected chi connectivity index (χ2v) is 2.84. The van der Waals surface area contributed by atoms with E-state index in [2.05, 4.69) is 6.08 Å². The van der Waals surface area contributed by atoms with Gasteiger partial charge in [-0.15, -0.1) is 11.6 Å². The molecule has 0 aromatic carbocycles. The Hall–Kier alpha value is -0.0100. The monoisotopic (exact) mass is 130 g/mol. The molecular weight excluding hydrogens is 124 g/mol. The molecule has 2 rings (SSSR count). The number of hydrogen-bond donors (Lipinski definition) is 0. The summed E-state index contributed by atoms with van der Waals surface area (Å²) in [6.45, 7) is 0. The van der Waals surface area contributed by atoms with Crippen LogP contribution in [-0.4, -0.2) is 17.6 Å². The van der Waals surface area contributed by atoms with E-state index in [-0.39, 0.29) is 11.5 Å². The first-order chi connectivity index (χ1) is 3.86. The zero-order chi connectivity index (χ0) is 5.56. The Balaban J connectivity index is 2.23. The zero-order valence-electron chi connectivity index (χ0n) is 4.38. The molecule has 0 aromatic rings. The molecule has 3 unspecified atom stereocenters. The predicted molar refractivity (Wildman–Crippen MR) is 32.1 cm³/mol. The lowest BCUT2D eigenvalue weighted by Gasteiger charge is -2.03. The molecule has 0 saturated carbocycles. The summed E-state index contributed by atoms with van der Waals surface area (Å²) in [6.07, 6.45) is 5.70. The second-order valence-electron chi connectivity index (χ2n) is 2.28. The highest BCUT2D eigenvalue weighted by Gasteiger charge is 2.34. The van der Waals surface area contributed by atoms with Gasteiger partial charge in [0.05, 0.1) is 17.6 Å². The molecule has 2 heterocycles. The third-order valence-corrected chi connectivity index (χ3v) is 2.09. The van der Waals surface area contributed by atoms with Crippen molar-refractivity contribution in [3.8, 4) is 0 Å². The van der Waals surface area contributed by atoms with Crippen molar-refractivity contribution in [1.29, 1.82) is 0 Å². The average molecular weight is 131 g/mol. The maximum Gasteiger partial charge on any atom is 0.0929 e. The highest BCUT2D eigenvalue weighted by molar-refractivity contribution is 6.21. The molecule has 0 radical (unpaired) electrons. The SMILES string of the molecule is ClC1CC2C=CC1O2. The Morgan fingerprint density at radius 3 is 2.62 bits per heavy atom. The van der Waals surface area contributed by atoms with Gasteiger partial charge >= 0.3 is 0 Å². The molecule has 0 amide bonds. The minimum atomic E-state index is 0.224. The molecule has 2 aliphatic heterocycles. The summed E-state index contributed by atoms with van der Waals surface area (Å²) in [5.41, 5.74) is 0. The van der Waals surface area contributed by atoms with Gasteiger partial charge in [-0.05, 0) is 6.42 Å². The Kier molecular flexibility index (Phi) is 0.897. The molecule has 2 aliphatic rings. The van der Waals surface area contributed by atoms with Crippen LogP contribution in [0.15, 0.2) is 12.2 Å². The van der Waals surface area contributed by atoms with Gasteiger partial charge in [-0.2, -0.15) is 0 Å². The normalized spacial score (nSPS) is 50.9. The largest absolute Gasteiger partial charge is 0.365 e. The van der Waals surface area contributed by atoms with Crippen LogP contribution in [0.25, 0.3) is 0 Å². The van der Waals surface area contributed by atoms with Gasteiger partial charge in [0.1, 0.15) is 0 Å². The van der Waals surface area contributed by atoms with Crippen LogP contribution in [0.2, 0.25) is 0 Å². The van der Waals surface area contributed by atoms with E-state index in [1.807, 2.05) is 6.08 Å². The number of hydrogen-bond acceptors (Lipinski definition) is 1. The minimum Gasteiger partial charge on any atom is -0.365 e. The van der Waals surface area contributed by atoms with E-state index in [0.29, 0.717) is 6.10 Å². The average Bonchev–Trinajstić information content (AvgIpc) is 2.23. The maximum absolute atomic E-state index is 5.83. The summed E-state index contributed by atoms with van der Waals surface area (Å²) < 4.78 is 5.34. The predicted octanol–water partition coefficient (Wildman–Crippen LogP) is 1.32. The van der Waals surface area contributed by atoms with E-state index in [4.69, 9.17) is 16.3 Å². The van der Waals surface area contributed by atoms with Crippen molar-refractivity contribution < 1.29 is 4.74 Å². The number of ether oxygens (including phenoxy) is 1. The fourth-order valence-electron chi connectivity index (χ4n) is 1.22. The van der Waals surface area contributed by atoms with E-state index in [0.717, 1.165) is 6.42 Å². The molecule has 44 valence electrons. The summed E-state index contributed by atoms with van der Waals surface area (Å²) in [6, 6.07) is 0. The maximum atomic E-state index is 5.83. The van der Waals surface area contributed by atoms with Crippen molar-refractivity contribution in [3.63, 3.8) is 0 Å². The number of alkyl halides is 1. The summed E-state index contributed by atoms with van der Waals surface area (Å²) in [5, 5.41) is 0.241. The lowest BCUT2D eigenvalue weighted by Crippen LogP contribution is -2.11. The molecule has 3 atom stereocenters. The van der Waals surface area contributed by atoms with Gasteiger partial charge in [0.25, 0.3) is 0 Å². The van der Waals surface area contributed by atoms with E-state index in [1.54, 1.807) is 0 Å². The van der Waals surface area contributed by atoms with E-state index < -0.39 is 0 Å². The van der Waals surface area contributed by atoms with Gasteiger partial charge in [-0.25, -0.2) is 0 Å². The zero-order valence-corrected chi connectivity index (χ0v) is 5.14. The lowest BCUT2D eigenvalue weighted by atomic mass is 10.1. The molecule has 1 saturated heterocycles. The van der Waals surface area contributed by atoms with Gasteiger partial charge in [0.15, 0.2) is 0 Å². The Morgan fingerprint density at radius 2 is 2.38 bits per heavy atom. The van der Waals surface area contributed by atoms with E-state index >= 15 is 0 Å². The van der Waals surface area contributed by atoms with Crippen molar-refractivity contribution in [2.75, 3.05) is 0 Å². The Bertz CT molecular complexity index is 132. The minimum absolute atomic E-state index is 0.224. The first-order valence-electron chi connectivity index (χ1n) is 2.84. The van der Waals surface area contributed by atoms with E-state index in [9.17, 15) is 0 Å². The first kappa shape index (κ1) is 4.83. The second kappa shape index (κ2) is 1.49. The van der Waals surface area contributed by atoms with Gasteiger partial charge in [0, 0.05) is 0 Å². The molecule has 1 fully saturated rings. The fourth-order valence-corrected chi connectivity index (χ4v) is 1.54. The van der Waals surface area contributed by atoms with Gasteiger partial charge in [-0.1, -0.05) is 12.2 Å². The van der Waals surface area contributed by atoms with Gasteiger partial charge in [0.2, 0.25) is 0 Å². The molecule has 8 heavy (non-hydrogen) atoms. The fraction of sp³-hybridized carbons (Fsp3) is 0.667. The van der Waals surface area contributed by atoms with Gasteiger partial charge in [-0.3, -0.25) is 0 Å². The highest BCUT2D eigenvalue weighted by Crippen LogP contribution is 2.31. The highest BCUT2D eigenvalue weighted by atomic mass is 35.5. The van der Waals surface area contributed by atoms with Crippen molar-refractivity contribution in [2.45, 2.75) is 24.0 Å². The van der Waals surface area contributed by atoms with Crippen LogP contribution >= 0.6 is 11.6 Å². The van der Waals surface area contributed by atoms with Crippen molar-refractivity contribution in [1.82, 2.24) is 0 Å². The van der Waals surface area contributed by atoms with Crippen LogP contribution in [0.1, 0.15) is 6.42 Å². The van der Waals surface area contributed by atoms with Crippen LogP contribution in [0.4, 0.5) is 0 Å². The van der Waals surface area contributed by atoms with Crippen LogP contribution in [0.5, 0.6) is 0 Å². The smallest absolute Gasteiger partial charge is 0.0929 e. The molecule has 0 aliphatic carbocycles. The van der Waals surface area contributed by atoms with E-state index in [1.165, 1.54) is 0 Å². The number of fused-ring (bicyclic) bond motifs is 2.